The third-order valence-electron chi connectivity index (χ3n) is 3.02. The van der Waals surface area contributed by atoms with Gasteiger partial charge in [-0.25, -0.2) is 0 Å². The summed E-state index contributed by atoms with van der Waals surface area (Å²) >= 11 is 0. The number of esters is 1. The summed E-state index contributed by atoms with van der Waals surface area (Å²) in [5, 5.41) is 9.59. The maximum Gasteiger partial charge on any atom is 0.328 e. The van der Waals surface area contributed by atoms with Crippen LogP contribution < -0.4 is 5.73 Å². The van der Waals surface area contributed by atoms with E-state index in [0.29, 0.717) is 11.3 Å². The van der Waals surface area contributed by atoms with Crippen molar-refractivity contribution in [2.45, 2.75) is 45.1 Å². The van der Waals surface area contributed by atoms with E-state index in [-0.39, 0.29) is 6.42 Å². The van der Waals surface area contributed by atoms with Crippen LogP contribution in [0.4, 0.5) is 5.69 Å². The first-order valence-corrected chi connectivity index (χ1v) is 6.46. The minimum atomic E-state index is -1.73. The molecule has 0 aliphatic carbocycles. The molecule has 1 unspecified atom stereocenters. The van der Waals surface area contributed by atoms with E-state index in [4.69, 9.17) is 10.5 Å². The van der Waals surface area contributed by atoms with E-state index in [1.165, 1.54) is 6.07 Å². The molecule has 1 atom stereocenters. The lowest BCUT2D eigenvalue weighted by Crippen LogP contribution is -2.47. The average molecular weight is 279 g/mol. The van der Waals surface area contributed by atoms with Crippen molar-refractivity contribution in [2.75, 3.05) is 5.73 Å². The van der Waals surface area contributed by atoms with Gasteiger partial charge in [0.2, 0.25) is 0 Å². The summed E-state index contributed by atoms with van der Waals surface area (Å²) in [4.78, 5) is 24.2. The van der Waals surface area contributed by atoms with E-state index in [9.17, 15) is 14.7 Å². The fourth-order valence-corrected chi connectivity index (χ4v) is 2.00. The summed E-state index contributed by atoms with van der Waals surface area (Å²) in [6, 6.07) is 6.35. The van der Waals surface area contributed by atoms with Crippen LogP contribution in [0.25, 0.3) is 0 Å². The summed E-state index contributed by atoms with van der Waals surface area (Å²) in [6.45, 7) is 6.74. The van der Waals surface area contributed by atoms with Gasteiger partial charge in [-0.1, -0.05) is 19.1 Å². The number of hydrogen-bond donors (Lipinski definition) is 2. The van der Waals surface area contributed by atoms with Gasteiger partial charge in [0.1, 0.15) is 5.60 Å². The van der Waals surface area contributed by atoms with E-state index in [1.807, 2.05) is 0 Å². The zero-order valence-electron chi connectivity index (χ0n) is 12.3. The lowest BCUT2D eigenvalue weighted by atomic mass is 9.77. The first kappa shape index (κ1) is 16.0. The summed E-state index contributed by atoms with van der Waals surface area (Å²) in [5.41, 5.74) is 3.94. The molecule has 0 saturated heterocycles. The van der Waals surface area contributed by atoms with E-state index in [2.05, 4.69) is 0 Å². The number of ether oxygens (including phenoxy) is 1. The second-order valence-corrected chi connectivity index (χ2v) is 5.69. The van der Waals surface area contributed by atoms with Crippen LogP contribution in [0.15, 0.2) is 24.3 Å². The Kier molecular flexibility index (Phi) is 4.43. The first-order chi connectivity index (χ1) is 9.13. The van der Waals surface area contributed by atoms with Crippen molar-refractivity contribution < 1.29 is 19.4 Å². The number of anilines is 1. The van der Waals surface area contributed by atoms with Crippen LogP contribution in [0.2, 0.25) is 0 Å². The molecule has 110 valence electrons. The predicted octanol–water partition coefficient (Wildman–Crippen LogP) is 2.34. The Morgan fingerprint density at radius 2 is 1.90 bits per heavy atom. The molecule has 1 aromatic rings. The molecule has 0 aromatic heterocycles. The largest absolute Gasteiger partial charge is 0.480 e. The SMILES string of the molecule is CCC(C(=O)O)(C(=O)OC(C)(C)C)c1cccc(N)c1. The highest BCUT2D eigenvalue weighted by molar-refractivity contribution is 6.05. The minimum absolute atomic E-state index is 0.0840. The van der Waals surface area contributed by atoms with Crippen LogP contribution in [0, 0.1) is 0 Å². The van der Waals surface area contributed by atoms with Gasteiger partial charge in [0.25, 0.3) is 0 Å². The van der Waals surface area contributed by atoms with Gasteiger partial charge in [0.15, 0.2) is 5.41 Å². The van der Waals surface area contributed by atoms with Crippen molar-refractivity contribution in [2.24, 2.45) is 0 Å². The Balaban J connectivity index is 3.37. The molecule has 1 aromatic carbocycles. The summed E-state index contributed by atoms with van der Waals surface area (Å²) in [6.07, 6.45) is 0.0840. The van der Waals surface area contributed by atoms with Crippen LogP contribution in [-0.2, 0) is 19.7 Å². The number of carboxylic acids is 1. The highest BCUT2D eigenvalue weighted by atomic mass is 16.6. The molecule has 5 nitrogen and oxygen atoms in total. The standard InChI is InChI=1S/C15H21NO4/c1-5-15(12(17)18,13(19)20-14(2,3)4)10-7-6-8-11(16)9-10/h6-9H,5,16H2,1-4H3,(H,17,18). The van der Waals surface area contributed by atoms with Crippen molar-refractivity contribution >= 4 is 17.6 Å². The number of carboxylic acid groups (broad SMARTS) is 1. The molecular formula is C15H21NO4. The van der Waals surface area contributed by atoms with E-state index >= 15 is 0 Å². The molecule has 0 bridgehead atoms. The zero-order chi connectivity index (χ0) is 15.6. The molecule has 0 heterocycles. The highest BCUT2D eigenvalue weighted by Gasteiger charge is 2.49. The second-order valence-electron chi connectivity index (χ2n) is 5.69. The Bertz CT molecular complexity index is 519. The smallest absolute Gasteiger partial charge is 0.328 e. The van der Waals surface area contributed by atoms with E-state index in [0.717, 1.165) is 0 Å². The molecular weight excluding hydrogens is 258 g/mol. The lowest BCUT2D eigenvalue weighted by Gasteiger charge is -2.30. The zero-order valence-corrected chi connectivity index (χ0v) is 12.3. The van der Waals surface area contributed by atoms with Crippen LogP contribution in [-0.4, -0.2) is 22.6 Å². The Hall–Kier alpha value is -2.04. The van der Waals surface area contributed by atoms with Crippen molar-refractivity contribution in [1.82, 2.24) is 0 Å². The third-order valence-corrected chi connectivity index (χ3v) is 3.02. The third kappa shape index (κ3) is 3.10. The summed E-state index contributed by atoms with van der Waals surface area (Å²) in [7, 11) is 0. The molecule has 0 radical (unpaired) electrons. The molecule has 3 N–H and O–H groups in total. The normalized spacial score (nSPS) is 14.4. The quantitative estimate of drug-likeness (QED) is 0.501. The van der Waals surface area contributed by atoms with Crippen LogP contribution >= 0.6 is 0 Å². The number of rotatable bonds is 4. The molecule has 20 heavy (non-hydrogen) atoms. The Morgan fingerprint density at radius 1 is 1.30 bits per heavy atom. The Morgan fingerprint density at radius 3 is 2.30 bits per heavy atom. The Labute approximate surface area is 118 Å². The van der Waals surface area contributed by atoms with Gasteiger partial charge in [0, 0.05) is 5.69 Å². The number of carbonyl (C=O) groups is 2. The summed E-state index contributed by atoms with van der Waals surface area (Å²) < 4.78 is 5.29. The minimum Gasteiger partial charge on any atom is -0.480 e. The van der Waals surface area contributed by atoms with Gasteiger partial charge in [-0.05, 0) is 44.9 Å². The number of hydrogen-bond acceptors (Lipinski definition) is 4. The van der Waals surface area contributed by atoms with Crippen LogP contribution in [0.3, 0.4) is 0 Å². The van der Waals surface area contributed by atoms with Crippen molar-refractivity contribution in [3.8, 4) is 0 Å². The molecule has 0 aliphatic rings. The van der Waals surface area contributed by atoms with Gasteiger partial charge >= 0.3 is 11.9 Å². The number of benzene rings is 1. The van der Waals surface area contributed by atoms with Gasteiger partial charge in [-0.3, -0.25) is 9.59 Å². The van der Waals surface area contributed by atoms with E-state index in [1.54, 1.807) is 45.9 Å². The van der Waals surface area contributed by atoms with Gasteiger partial charge < -0.3 is 15.6 Å². The van der Waals surface area contributed by atoms with E-state index < -0.39 is 23.0 Å². The number of carbonyl (C=O) groups excluding carboxylic acids is 1. The average Bonchev–Trinajstić information content (AvgIpc) is 2.27. The first-order valence-electron chi connectivity index (χ1n) is 6.46. The fourth-order valence-electron chi connectivity index (χ4n) is 2.00. The maximum atomic E-state index is 12.4. The van der Waals surface area contributed by atoms with Crippen molar-refractivity contribution in [1.29, 1.82) is 0 Å². The lowest BCUT2D eigenvalue weighted by molar-refractivity contribution is -0.170. The maximum absolute atomic E-state index is 12.4. The monoisotopic (exact) mass is 279 g/mol. The highest BCUT2D eigenvalue weighted by Crippen LogP contribution is 2.32. The summed E-state index contributed by atoms with van der Waals surface area (Å²) in [5.74, 6) is -2.01. The molecule has 0 fully saturated rings. The van der Waals surface area contributed by atoms with Crippen LogP contribution in [0.1, 0.15) is 39.7 Å². The van der Waals surface area contributed by atoms with Crippen molar-refractivity contribution in [3.05, 3.63) is 29.8 Å². The molecule has 5 heteroatoms. The molecule has 0 spiro atoms. The second kappa shape index (κ2) is 5.53. The molecule has 0 amide bonds. The van der Waals surface area contributed by atoms with Gasteiger partial charge in [-0.15, -0.1) is 0 Å². The fraction of sp³-hybridized carbons (Fsp3) is 0.467. The number of nitrogen functional groups attached to an aromatic ring is 1. The van der Waals surface area contributed by atoms with Crippen molar-refractivity contribution in [3.63, 3.8) is 0 Å². The molecule has 0 aliphatic heterocycles. The predicted molar refractivity (Wildman–Crippen MR) is 76.3 cm³/mol. The van der Waals surface area contributed by atoms with Crippen LogP contribution in [0.5, 0.6) is 0 Å². The number of nitrogens with two attached hydrogens (primary N) is 1. The number of aliphatic carboxylic acids is 1. The van der Waals surface area contributed by atoms with Gasteiger partial charge in [-0.2, -0.15) is 0 Å². The molecule has 0 saturated carbocycles. The molecule has 1 rings (SSSR count). The van der Waals surface area contributed by atoms with Gasteiger partial charge in [0.05, 0.1) is 0 Å². The topological polar surface area (TPSA) is 89.6 Å².